The van der Waals surface area contributed by atoms with Crippen molar-refractivity contribution in [3.05, 3.63) is 29.6 Å². The molecule has 0 saturated carbocycles. The molecule has 1 aromatic carbocycles. The second-order valence-electron chi connectivity index (χ2n) is 4.81. The van der Waals surface area contributed by atoms with Gasteiger partial charge in [0.15, 0.2) is 0 Å². The lowest BCUT2D eigenvalue weighted by molar-refractivity contribution is -0.143. The number of benzene rings is 1. The number of halogens is 1. The number of rotatable bonds is 1. The van der Waals surface area contributed by atoms with Crippen molar-refractivity contribution in [1.29, 1.82) is 0 Å². The summed E-state index contributed by atoms with van der Waals surface area (Å²) in [5.74, 6) is -1.57. The summed E-state index contributed by atoms with van der Waals surface area (Å²) in [6, 6.07) is 4.22. The number of anilines is 1. The minimum atomic E-state index is -0.682. The summed E-state index contributed by atoms with van der Waals surface area (Å²) in [5.41, 5.74) is 0.851. The zero-order valence-corrected chi connectivity index (χ0v) is 11.4. The van der Waals surface area contributed by atoms with Crippen LogP contribution in [0.3, 0.4) is 0 Å². The number of amides is 2. The largest absolute Gasteiger partial charge is 0.333 e. The molecule has 5 nitrogen and oxygen atoms in total. The first-order valence-electron chi connectivity index (χ1n) is 6.65. The first-order chi connectivity index (χ1) is 9.58. The molecule has 1 saturated heterocycles. The van der Waals surface area contributed by atoms with Crippen molar-refractivity contribution in [3.63, 3.8) is 0 Å². The van der Waals surface area contributed by atoms with E-state index in [1.54, 1.807) is 6.92 Å². The number of hydrogen-bond donors (Lipinski definition) is 2. The predicted octanol–water partition coefficient (Wildman–Crippen LogP) is 0.895. The van der Waals surface area contributed by atoms with Gasteiger partial charge in [-0.05, 0) is 43.7 Å². The first-order valence-corrected chi connectivity index (χ1v) is 6.65. The Morgan fingerprint density at radius 3 is 2.85 bits per heavy atom. The Morgan fingerprint density at radius 2 is 2.10 bits per heavy atom. The maximum atomic E-state index is 13.1. The molecule has 108 valence electrons. The van der Waals surface area contributed by atoms with E-state index in [0.29, 0.717) is 30.9 Å². The van der Waals surface area contributed by atoms with E-state index in [1.807, 2.05) is 0 Å². The zero-order valence-electron chi connectivity index (χ0n) is 11.4. The maximum absolute atomic E-state index is 13.1. The third-order valence-electron chi connectivity index (χ3n) is 3.24. The molecular formula is C14H18FN3O2. The Labute approximate surface area is 117 Å². The van der Waals surface area contributed by atoms with E-state index in [-0.39, 0.29) is 5.82 Å². The summed E-state index contributed by atoms with van der Waals surface area (Å²) >= 11 is 0. The highest BCUT2D eigenvalue weighted by Gasteiger charge is 2.22. The molecule has 2 amide bonds. The van der Waals surface area contributed by atoms with Gasteiger partial charge in [-0.1, -0.05) is 0 Å². The van der Waals surface area contributed by atoms with Crippen molar-refractivity contribution in [1.82, 2.24) is 10.2 Å². The van der Waals surface area contributed by atoms with Gasteiger partial charge in [0.05, 0.1) is 0 Å². The molecule has 1 aromatic rings. The lowest BCUT2D eigenvalue weighted by atomic mass is 10.2. The molecule has 0 bridgehead atoms. The fourth-order valence-corrected chi connectivity index (χ4v) is 2.10. The lowest BCUT2D eigenvalue weighted by Crippen LogP contribution is -2.41. The van der Waals surface area contributed by atoms with E-state index in [4.69, 9.17) is 0 Å². The van der Waals surface area contributed by atoms with Gasteiger partial charge in [0.2, 0.25) is 0 Å². The highest BCUT2D eigenvalue weighted by Crippen LogP contribution is 2.13. The highest BCUT2D eigenvalue weighted by atomic mass is 19.1. The van der Waals surface area contributed by atoms with Gasteiger partial charge >= 0.3 is 11.8 Å². The van der Waals surface area contributed by atoms with Crippen LogP contribution < -0.4 is 10.6 Å². The number of nitrogens with one attached hydrogen (secondary N) is 2. The number of hydrogen-bond acceptors (Lipinski definition) is 3. The summed E-state index contributed by atoms with van der Waals surface area (Å²) in [7, 11) is 0. The van der Waals surface area contributed by atoms with Crippen LogP contribution in [0.5, 0.6) is 0 Å². The molecule has 1 aliphatic rings. The predicted molar refractivity (Wildman–Crippen MR) is 73.8 cm³/mol. The van der Waals surface area contributed by atoms with Crippen LogP contribution in [-0.2, 0) is 9.59 Å². The molecule has 0 aliphatic carbocycles. The molecule has 1 fully saturated rings. The van der Waals surface area contributed by atoms with Crippen molar-refractivity contribution in [2.45, 2.75) is 13.3 Å². The Kier molecular flexibility index (Phi) is 4.68. The average molecular weight is 279 g/mol. The molecular weight excluding hydrogens is 261 g/mol. The molecule has 2 N–H and O–H groups in total. The van der Waals surface area contributed by atoms with Crippen LogP contribution in [0.4, 0.5) is 10.1 Å². The smallest absolute Gasteiger partial charge is 0.313 e. The van der Waals surface area contributed by atoms with Crippen LogP contribution in [0.25, 0.3) is 0 Å². The summed E-state index contributed by atoms with van der Waals surface area (Å²) in [6.07, 6.45) is 0.828. The SMILES string of the molecule is Cc1cc(NC(=O)C(=O)N2CCCNCC2)ccc1F. The van der Waals surface area contributed by atoms with E-state index >= 15 is 0 Å². The monoisotopic (exact) mass is 279 g/mol. The topological polar surface area (TPSA) is 61.4 Å². The summed E-state index contributed by atoms with van der Waals surface area (Å²) in [6.45, 7) is 4.24. The van der Waals surface area contributed by atoms with Gasteiger partial charge in [-0.25, -0.2) is 4.39 Å². The second-order valence-corrected chi connectivity index (χ2v) is 4.81. The third kappa shape index (κ3) is 3.54. The standard InChI is InChI=1S/C14H18FN3O2/c1-10-9-11(3-4-12(10)15)17-13(19)14(20)18-7-2-5-16-6-8-18/h3-4,9,16H,2,5-8H2,1H3,(H,17,19). The molecule has 0 atom stereocenters. The molecule has 0 aromatic heterocycles. The molecule has 0 radical (unpaired) electrons. The first kappa shape index (κ1) is 14.5. The van der Waals surface area contributed by atoms with E-state index < -0.39 is 11.8 Å². The summed E-state index contributed by atoms with van der Waals surface area (Å²) in [5, 5.41) is 5.68. The second kappa shape index (κ2) is 6.47. The van der Waals surface area contributed by atoms with Gasteiger partial charge in [-0.3, -0.25) is 9.59 Å². The van der Waals surface area contributed by atoms with Gasteiger partial charge in [0, 0.05) is 25.3 Å². The van der Waals surface area contributed by atoms with Crippen molar-refractivity contribution < 1.29 is 14.0 Å². The van der Waals surface area contributed by atoms with Crippen molar-refractivity contribution in [2.24, 2.45) is 0 Å². The molecule has 6 heteroatoms. The molecule has 20 heavy (non-hydrogen) atoms. The van der Waals surface area contributed by atoms with Crippen LogP contribution in [0.15, 0.2) is 18.2 Å². The van der Waals surface area contributed by atoms with Gasteiger partial charge in [-0.2, -0.15) is 0 Å². The number of nitrogens with zero attached hydrogens (tertiary/aromatic N) is 1. The van der Waals surface area contributed by atoms with Gasteiger partial charge in [0.1, 0.15) is 5.82 Å². The number of carbonyl (C=O) groups is 2. The summed E-state index contributed by atoms with van der Waals surface area (Å²) < 4.78 is 13.1. The van der Waals surface area contributed by atoms with E-state index in [0.717, 1.165) is 13.0 Å². The molecule has 2 rings (SSSR count). The third-order valence-corrected chi connectivity index (χ3v) is 3.24. The van der Waals surface area contributed by atoms with E-state index in [2.05, 4.69) is 10.6 Å². The normalized spacial score (nSPS) is 15.6. The van der Waals surface area contributed by atoms with Crippen LogP contribution in [0.2, 0.25) is 0 Å². The fourth-order valence-electron chi connectivity index (χ4n) is 2.10. The number of aryl methyl sites for hydroxylation is 1. The van der Waals surface area contributed by atoms with Crippen molar-refractivity contribution in [2.75, 3.05) is 31.5 Å². The Bertz CT molecular complexity index is 511. The molecule has 1 heterocycles. The van der Waals surface area contributed by atoms with Crippen LogP contribution in [0, 0.1) is 12.7 Å². The minimum Gasteiger partial charge on any atom is -0.333 e. The van der Waals surface area contributed by atoms with Gasteiger partial charge in [0.25, 0.3) is 0 Å². The van der Waals surface area contributed by atoms with Crippen LogP contribution in [-0.4, -0.2) is 42.9 Å². The molecule has 1 aliphatic heterocycles. The Morgan fingerprint density at radius 1 is 1.30 bits per heavy atom. The van der Waals surface area contributed by atoms with Crippen molar-refractivity contribution in [3.8, 4) is 0 Å². The van der Waals surface area contributed by atoms with Crippen LogP contribution >= 0.6 is 0 Å². The fraction of sp³-hybridized carbons (Fsp3) is 0.429. The van der Waals surface area contributed by atoms with E-state index in [1.165, 1.54) is 23.1 Å². The van der Waals surface area contributed by atoms with Gasteiger partial charge < -0.3 is 15.5 Å². The summed E-state index contributed by atoms with van der Waals surface area (Å²) in [4.78, 5) is 25.5. The zero-order chi connectivity index (χ0) is 14.5. The quantitative estimate of drug-likeness (QED) is 0.751. The van der Waals surface area contributed by atoms with Crippen LogP contribution in [0.1, 0.15) is 12.0 Å². The maximum Gasteiger partial charge on any atom is 0.313 e. The molecule has 0 unspecified atom stereocenters. The number of carbonyl (C=O) groups excluding carboxylic acids is 2. The average Bonchev–Trinajstić information content (AvgIpc) is 2.71. The Balaban J connectivity index is 1.99. The minimum absolute atomic E-state index is 0.340. The van der Waals surface area contributed by atoms with Gasteiger partial charge in [-0.15, -0.1) is 0 Å². The molecule has 0 spiro atoms. The Hall–Kier alpha value is -1.95. The van der Waals surface area contributed by atoms with E-state index in [9.17, 15) is 14.0 Å². The van der Waals surface area contributed by atoms with Crippen molar-refractivity contribution >= 4 is 17.5 Å². The lowest BCUT2D eigenvalue weighted by Gasteiger charge is -2.19. The highest BCUT2D eigenvalue weighted by molar-refractivity contribution is 6.39.